The van der Waals surface area contributed by atoms with Gasteiger partial charge in [-0.1, -0.05) is 74.7 Å². The number of unbranched alkanes of at least 4 members (excludes halogenated alkanes) is 3. The predicted octanol–water partition coefficient (Wildman–Crippen LogP) is 5.85. The van der Waals surface area contributed by atoms with Crippen LogP contribution >= 0.6 is 0 Å². The van der Waals surface area contributed by atoms with Crippen LogP contribution in [0.4, 0.5) is 0 Å². The molecule has 126 valence electrons. The van der Waals surface area contributed by atoms with Crippen LogP contribution in [0.5, 0.6) is 5.75 Å². The molecule has 0 aliphatic carbocycles. The van der Waals surface area contributed by atoms with E-state index in [2.05, 4.69) is 6.92 Å². The average Bonchev–Trinajstić information content (AvgIpc) is 2.61. The van der Waals surface area contributed by atoms with Crippen LogP contribution in [0, 0.1) is 6.92 Å². The number of allylic oxidation sites excluding steroid dienone is 1. The van der Waals surface area contributed by atoms with Crippen molar-refractivity contribution in [1.82, 2.24) is 0 Å². The minimum Gasteiger partial charge on any atom is -0.493 e. The Morgan fingerprint density at radius 1 is 1.00 bits per heavy atom. The van der Waals surface area contributed by atoms with Crippen molar-refractivity contribution in [3.8, 4) is 5.75 Å². The highest BCUT2D eigenvalue weighted by Crippen LogP contribution is 2.22. The third-order valence-corrected chi connectivity index (χ3v) is 4.03. The summed E-state index contributed by atoms with van der Waals surface area (Å²) in [5, 5.41) is 0. The minimum atomic E-state index is 0.00721. The first-order valence-electron chi connectivity index (χ1n) is 8.72. The second-order valence-electron chi connectivity index (χ2n) is 5.95. The van der Waals surface area contributed by atoms with Crippen LogP contribution in [0.25, 0.3) is 6.08 Å². The molecule has 0 aromatic heterocycles. The molecule has 0 N–H and O–H groups in total. The van der Waals surface area contributed by atoms with Gasteiger partial charge in [0, 0.05) is 11.1 Å². The monoisotopic (exact) mass is 322 g/mol. The second-order valence-corrected chi connectivity index (χ2v) is 5.95. The topological polar surface area (TPSA) is 26.3 Å². The van der Waals surface area contributed by atoms with Gasteiger partial charge in [0.15, 0.2) is 5.78 Å². The first kappa shape index (κ1) is 18.0. The van der Waals surface area contributed by atoms with Gasteiger partial charge in [0.1, 0.15) is 5.75 Å². The molecule has 0 atom stereocenters. The summed E-state index contributed by atoms with van der Waals surface area (Å²) in [5.74, 6) is 0.818. The molecule has 0 heterocycles. The van der Waals surface area contributed by atoms with Gasteiger partial charge in [-0.15, -0.1) is 0 Å². The lowest BCUT2D eigenvalue weighted by Crippen LogP contribution is -2.03. The van der Waals surface area contributed by atoms with E-state index in [-0.39, 0.29) is 5.78 Å². The largest absolute Gasteiger partial charge is 0.493 e. The lowest BCUT2D eigenvalue weighted by Gasteiger charge is -2.11. The molecule has 0 unspecified atom stereocenters. The predicted molar refractivity (Wildman–Crippen MR) is 101 cm³/mol. The van der Waals surface area contributed by atoms with Crippen LogP contribution < -0.4 is 4.74 Å². The van der Waals surface area contributed by atoms with Crippen LogP contribution in [-0.4, -0.2) is 12.4 Å². The zero-order valence-corrected chi connectivity index (χ0v) is 14.6. The zero-order valence-electron chi connectivity index (χ0n) is 14.6. The molecule has 2 aromatic carbocycles. The number of carbonyl (C=O) groups excluding carboxylic acids is 1. The number of ketones is 1. The number of rotatable bonds is 9. The molecule has 0 radical (unpaired) electrons. The van der Waals surface area contributed by atoms with E-state index in [0.717, 1.165) is 23.3 Å². The van der Waals surface area contributed by atoms with Gasteiger partial charge in [0.25, 0.3) is 0 Å². The van der Waals surface area contributed by atoms with Crippen molar-refractivity contribution in [1.29, 1.82) is 0 Å². The summed E-state index contributed by atoms with van der Waals surface area (Å²) in [6.07, 6.45) is 8.18. The molecule has 0 aliphatic heterocycles. The SMILES string of the molecule is CCCCCCOc1cccc(C(=O)/C=C/c2ccccc2)c1C. The average molecular weight is 322 g/mol. The van der Waals surface area contributed by atoms with Gasteiger partial charge in [-0.2, -0.15) is 0 Å². The molecule has 0 saturated heterocycles. The number of benzene rings is 2. The Morgan fingerprint density at radius 3 is 2.54 bits per heavy atom. The Labute approximate surface area is 145 Å². The Hall–Kier alpha value is -2.35. The Morgan fingerprint density at radius 2 is 1.79 bits per heavy atom. The molecule has 2 nitrogen and oxygen atoms in total. The molecule has 2 rings (SSSR count). The normalized spacial score (nSPS) is 10.9. The summed E-state index contributed by atoms with van der Waals surface area (Å²) in [6.45, 7) is 4.85. The van der Waals surface area contributed by atoms with Crippen molar-refractivity contribution in [2.75, 3.05) is 6.61 Å². The van der Waals surface area contributed by atoms with E-state index in [0.29, 0.717) is 12.2 Å². The molecule has 0 spiro atoms. The molecule has 2 heteroatoms. The maximum absolute atomic E-state index is 12.5. The number of carbonyl (C=O) groups is 1. The number of ether oxygens (including phenoxy) is 1. The van der Waals surface area contributed by atoms with Crippen molar-refractivity contribution < 1.29 is 9.53 Å². The minimum absolute atomic E-state index is 0.00721. The van der Waals surface area contributed by atoms with E-state index in [4.69, 9.17) is 4.74 Å². The van der Waals surface area contributed by atoms with Gasteiger partial charge in [0.05, 0.1) is 6.61 Å². The lowest BCUT2D eigenvalue weighted by molar-refractivity contribution is 0.104. The Balaban J connectivity index is 2.01. The van der Waals surface area contributed by atoms with Crippen LogP contribution in [0.3, 0.4) is 0 Å². The Bertz CT molecular complexity index is 672. The third-order valence-electron chi connectivity index (χ3n) is 4.03. The molecule has 24 heavy (non-hydrogen) atoms. The van der Waals surface area contributed by atoms with Gasteiger partial charge in [-0.25, -0.2) is 0 Å². The summed E-state index contributed by atoms with van der Waals surface area (Å²) in [7, 11) is 0. The molecular weight excluding hydrogens is 296 g/mol. The third kappa shape index (κ3) is 5.38. The van der Waals surface area contributed by atoms with Crippen LogP contribution in [0.2, 0.25) is 0 Å². The summed E-state index contributed by atoms with van der Waals surface area (Å²) in [4.78, 5) is 12.5. The van der Waals surface area contributed by atoms with Gasteiger partial charge in [0.2, 0.25) is 0 Å². The van der Waals surface area contributed by atoms with Crippen molar-refractivity contribution in [3.05, 3.63) is 71.3 Å². The Kier molecular flexibility index (Phi) is 7.28. The fraction of sp³-hybridized carbons (Fsp3) is 0.318. The van der Waals surface area contributed by atoms with Gasteiger partial charge < -0.3 is 4.74 Å². The molecule has 0 aliphatic rings. The number of hydrogen-bond acceptors (Lipinski definition) is 2. The zero-order chi connectivity index (χ0) is 17.2. The van der Waals surface area contributed by atoms with Gasteiger partial charge in [-0.05, 0) is 31.1 Å². The molecule has 0 bridgehead atoms. The number of hydrogen-bond donors (Lipinski definition) is 0. The fourth-order valence-corrected chi connectivity index (χ4v) is 2.57. The fourth-order valence-electron chi connectivity index (χ4n) is 2.57. The molecule has 0 saturated carbocycles. The van der Waals surface area contributed by atoms with Crippen molar-refractivity contribution >= 4 is 11.9 Å². The summed E-state index contributed by atoms with van der Waals surface area (Å²) in [6, 6.07) is 15.5. The summed E-state index contributed by atoms with van der Waals surface area (Å²) >= 11 is 0. The standard InChI is InChI=1S/C22H26O2/c1-3-4-5-9-17-24-22-14-10-13-20(18(22)2)21(23)16-15-19-11-7-6-8-12-19/h6-8,10-16H,3-5,9,17H2,1-2H3/b16-15+. The van der Waals surface area contributed by atoms with E-state index in [1.807, 2.05) is 61.5 Å². The summed E-state index contributed by atoms with van der Waals surface area (Å²) < 4.78 is 5.86. The lowest BCUT2D eigenvalue weighted by atomic mass is 10.0. The van der Waals surface area contributed by atoms with Crippen molar-refractivity contribution in [2.24, 2.45) is 0 Å². The van der Waals surface area contributed by atoms with Crippen LogP contribution in [-0.2, 0) is 0 Å². The van der Waals surface area contributed by atoms with E-state index >= 15 is 0 Å². The van der Waals surface area contributed by atoms with Crippen molar-refractivity contribution in [2.45, 2.75) is 39.5 Å². The first-order valence-corrected chi connectivity index (χ1v) is 8.72. The highest BCUT2D eigenvalue weighted by atomic mass is 16.5. The van der Waals surface area contributed by atoms with Gasteiger partial charge in [-0.3, -0.25) is 4.79 Å². The highest BCUT2D eigenvalue weighted by Gasteiger charge is 2.10. The maximum atomic E-state index is 12.5. The summed E-state index contributed by atoms with van der Waals surface area (Å²) in [5.41, 5.74) is 2.63. The maximum Gasteiger partial charge on any atom is 0.186 e. The smallest absolute Gasteiger partial charge is 0.186 e. The molecule has 0 fully saturated rings. The highest BCUT2D eigenvalue weighted by molar-refractivity contribution is 6.08. The first-order chi connectivity index (χ1) is 11.7. The van der Waals surface area contributed by atoms with E-state index in [9.17, 15) is 4.79 Å². The van der Waals surface area contributed by atoms with Crippen LogP contribution in [0.1, 0.15) is 54.1 Å². The van der Waals surface area contributed by atoms with Crippen LogP contribution in [0.15, 0.2) is 54.6 Å². The van der Waals surface area contributed by atoms with Crippen molar-refractivity contribution in [3.63, 3.8) is 0 Å². The van der Waals surface area contributed by atoms with E-state index in [1.54, 1.807) is 6.08 Å². The molecule has 2 aromatic rings. The molecule has 0 amide bonds. The second kappa shape index (κ2) is 9.71. The van der Waals surface area contributed by atoms with Gasteiger partial charge >= 0.3 is 0 Å². The van der Waals surface area contributed by atoms with E-state index in [1.165, 1.54) is 19.3 Å². The molecular formula is C22H26O2. The van der Waals surface area contributed by atoms with E-state index < -0.39 is 0 Å². The quantitative estimate of drug-likeness (QED) is 0.329.